The number of methoxy groups -OCH3 is 1. The Labute approximate surface area is 216 Å². The van der Waals surface area contributed by atoms with E-state index in [2.05, 4.69) is 10.1 Å². The predicted molar refractivity (Wildman–Crippen MR) is 144 cm³/mol. The molecule has 11 heteroatoms. The molecule has 0 bridgehead atoms. The molecule has 0 fully saturated rings. The number of hydrogen-bond donors (Lipinski definition) is 2. The maximum atomic E-state index is 13.9. The number of hydrogen-bond acceptors (Lipinski definition) is 8. The van der Waals surface area contributed by atoms with Crippen molar-refractivity contribution >= 4 is 35.5 Å². The molecule has 4 aromatic rings. The van der Waals surface area contributed by atoms with Gasteiger partial charge in [-0.2, -0.15) is 0 Å². The van der Waals surface area contributed by atoms with Crippen molar-refractivity contribution in [2.75, 3.05) is 26.1 Å². The number of aromatic nitrogens is 3. The van der Waals surface area contributed by atoms with Crippen molar-refractivity contribution in [3.05, 3.63) is 60.4 Å². The summed E-state index contributed by atoms with van der Waals surface area (Å²) in [4.78, 5) is 9.27. The number of anilines is 1. The number of nitrogen functional groups attached to an aromatic ring is 1. The molecule has 3 N–H and O–H groups in total. The van der Waals surface area contributed by atoms with Gasteiger partial charge in [0.05, 0.1) is 30.3 Å². The number of benzene rings is 2. The molecule has 2 heterocycles. The molecule has 0 radical (unpaired) electrons. The van der Waals surface area contributed by atoms with Gasteiger partial charge < -0.3 is 24.3 Å². The number of imidazole rings is 1. The fourth-order valence-corrected chi connectivity index (χ4v) is 5.90. The standard InChI is InChI=1S/C26H34N5O5P/c1-5-34-17-23-29-24-25(21-13-9-10-14-22(21)28-26(24)27)31(23)15-19(3)35-37(32,30-18(2)16-33-4)36-20-11-7-6-8-12-20/h6-14,18-19H,5,15-17H2,1-4H3,(H2,27,28)(H,30,32)/t18-,19+,37?/m0/s1. The second-order valence-corrected chi connectivity index (χ2v) is 10.4. The molecule has 1 unspecified atom stereocenters. The number of rotatable bonds is 13. The van der Waals surface area contributed by atoms with E-state index in [4.69, 9.17) is 29.2 Å². The third kappa shape index (κ3) is 6.47. The zero-order valence-corrected chi connectivity index (χ0v) is 22.5. The summed E-state index contributed by atoms with van der Waals surface area (Å²) in [6.45, 7) is 7.10. The van der Waals surface area contributed by atoms with Gasteiger partial charge in [0.1, 0.15) is 23.7 Å². The van der Waals surface area contributed by atoms with Crippen LogP contribution in [0, 0.1) is 0 Å². The van der Waals surface area contributed by atoms with E-state index in [0.29, 0.717) is 42.7 Å². The highest BCUT2D eigenvalue weighted by atomic mass is 31.2. The molecule has 198 valence electrons. The van der Waals surface area contributed by atoms with Crippen LogP contribution in [-0.2, 0) is 31.7 Å². The topological polar surface area (TPSA) is 123 Å². The maximum Gasteiger partial charge on any atom is 0.459 e. The second kappa shape index (κ2) is 12.0. The summed E-state index contributed by atoms with van der Waals surface area (Å²) in [7, 11) is -2.20. The second-order valence-electron chi connectivity index (χ2n) is 8.79. The third-order valence-corrected chi connectivity index (χ3v) is 7.49. The first-order valence-electron chi connectivity index (χ1n) is 12.2. The Morgan fingerprint density at radius 3 is 2.54 bits per heavy atom. The molecule has 2 aromatic heterocycles. The minimum atomic E-state index is -3.79. The molecule has 10 nitrogen and oxygen atoms in total. The summed E-state index contributed by atoms with van der Waals surface area (Å²) in [6.07, 6.45) is -0.539. The molecule has 0 aliphatic rings. The van der Waals surface area contributed by atoms with Crippen LogP contribution < -0.4 is 15.3 Å². The molecule has 4 rings (SSSR count). The van der Waals surface area contributed by atoms with E-state index < -0.39 is 13.9 Å². The largest absolute Gasteiger partial charge is 0.459 e. The van der Waals surface area contributed by atoms with E-state index in [1.165, 1.54) is 0 Å². The molecule has 0 spiro atoms. The monoisotopic (exact) mass is 527 g/mol. The van der Waals surface area contributed by atoms with Gasteiger partial charge in [-0.15, -0.1) is 0 Å². The lowest BCUT2D eigenvalue weighted by Crippen LogP contribution is -2.32. The number of ether oxygens (including phenoxy) is 2. The van der Waals surface area contributed by atoms with E-state index in [9.17, 15) is 4.57 Å². The highest BCUT2D eigenvalue weighted by Crippen LogP contribution is 2.46. The van der Waals surface area contributed by atoms with Crippen molar-refractivity contribution in [1.29, 1.82) is 0 Å². The van der Waals surface area contributed by atoms with Crippen molar-refractivity contribution < 1.29 is 23.1 Å². The number of para-hydroxylation sites is 2. The molecular formula is C26H34N5O5P. The molecule has 0 saturated heterocycles. The average Bonchev–Trinajstić information content (AvgIpc) is 3.22. The van der Waals surface area contributed by atoms with Crippen molar-refractivity contribution in [2.24, 2.45) is 0 Å². The lowest BCUT2D eigenvalue weighted by molar-refractivity contribution is 0.120. The number of fused-ring (bicyclic) bond motifs is 3. The Hall–Kier alpha value is -3.01. The van der Waals surface area contributed by atoms with Gasteiger partial charge in [0.2, 0.25) is 0 Å². The summed E-state index contributed by atoms with van der Waals surface area (Å²) < 4.78 is 38.8. The highest BCUT2D eigenvalue weighted by Gasteiger charge is 2.32. The molecule has 37 heavy (non-hydrogen) atoms. The lowest BCUT2D eigenvalue weighted by Gasteiger charge is -2.26. The van der Waals surface area contributed by atoms with E-state index in [0.717, 1.165) is 16.4 Å². The lowest BCUT2D eigenvalue weighted by atomic mass is 10.2. The van der Waals surface area contributed by atoms with Crippen LogP contribution in [0.15, 0.2) is 54.6 Å². The Morgan fingerprint density at radius 2 is 1.81 bits per heavy atom. The highest BCUT2D eigenvalue weighted by molar-refractivity contribution is 7.52. The minimum absolute atomic E-state index is 0.274. The van der Waals surface area contributed by atoms with Gasteiger partial charge in [-0.1, -0.05) is 36.4 Å². The first-order valence-corrected chi connectivity index (χ1v) is 13.8. The molecule has 0 aliphatic heterocycles. The quantitative estimate of drug-likeness (QED) is 0.233. The van der Waals surface area contributed by atoms with Gasteiger partial charge >= 0.3 is 7.75 Å². The van der Waals surface area contributed by atoms with Crippen LogP contribution in [0.5, 0.6) is 5.75 Å². The summed E-state index contributed by atoms with van der Waals surface area (Å²) in [5.74, 6) is 1.45. The van der Waals surface area contributed by atoms with Crippen LogP contribution in [-0.4, -0.2) is 47.0 Å². The Balaban J connectivity index is 1.69. The van der Waals surface area contributed by atoms with Crippen LogP contribution in [0.25, 0.3) is 21.9 Å². The zero-order valence-electron chi connectivity index (χ0n) is 21.6. The predicted octanol–water partition coefficient (Wildman–Crippen LogP) is 4.92. The fraction of sp³-hybridized carbons (Fsp3) is 0.385. The van der Waals surface area contributed by atoms with Crippen molar-refractivity contribution in [3.63, 3.8) is 0 Å². The first kappa shape index (κ1) is 27.0. The molecule has 3 atom stereocenters. The van der Waals surface area contributed by atoms with Crippen LogP contribution in [0.1, 0.15) is 26.6 Å². The first-order chi connectivity index (χ1) is 17.8. The molecule has 0 aliphatic carbocycles. The summed E-state index contributed by atoms with van der Waals surface area (Å²) >= 11 is 0. The molecule has 0 amide bonds. The van der Waals surface area contributed by atoms with Gasteiger partial charge in [-0.25, -0.2) is 19.6 Å². The smallest absolute Gasteiger partial charge is 0.413 e. The van der Waals surface area contributed by atoms with E-state index in [1.54, 1.807) is 19.2 Å². The molecule has 2 aromatic carbocycles. The Morgan fingerprint density at radius 1 is 1.08 bits per heavy atom. The maximum absolute atomic E-state index is 13.9. The van der Waals surface area contributed by atoms with Crippen LogP contribution in [0.2, 0.25) is 0 Å². The number of nitrogens with zero attached hydrogens (tertiary/aromatic N) is 3. The van der Waals surface area contributed by atoms with E-state index >= 15 is 0 Å². The van der Waals surface area contributed by atoms with Gasteiger partial charge in [-0.3, -0.25) is 4.52 Å². The normalized spacial score (nSPS) is 15.0. The van der Waals surface area contributed by atoms with Crippen molar-refractivity contribution in [3.8, 4) is 5.75 Å². The Bertz CT molecular complexity index is 1380. The van der Waals surface area contributed by atoms with Crippen LogP contribution in [0.4, 0.5) is 5.82 Å². The van der Waals surface area contributed by atoms with Crippen molar-refractivity contribution in [2.45, 2.75) is 46.1 Å². The summed E-state index contributed by atoms with van der Waals surface area (Å²) in [5, 5.41) is 3.89. The van der Waals surface area contributed by atoms with E-state index in [-0.39, 0.29) is 12.6 Å². The molecule has 0 saturated carbocycles. The van der Waals surface area contributed by atoms with Gasteiger partial charge in [0.25, 0.3) is 0 Å². The minimum Gasteiger partial charge on any atom is -0.413 e. The number of pyridine rings is 1. The van der Waals surface area contributed by atoms with Gasteiger partial charge in [0.15, 0.2) is 5.82 Å². The SMILES string of the molecule is CCOCc1nc2c(N)nc3ccccc3c2n1C[C@@H](C)OP(=O)(N[C@@H](C)COC)Oc1ccccc1. The summed E-state index contributed by atoms with van der Waals surface area (Å²) in [5.41, 5.74) is 8.47. The van der Waals surface area contributed by atoms with E-state index in [1.807, 2.05) is 67.8 Å². The van der Waals surface area contributed by atoms with Crippen LogP contribution >= 0.6 is 7.75 Å². The fourth-order valence-electron chi connectivity index (χ4n) is 4.19. The number of nitrogens with two attached hydrogens (primary N) is 1. The van der Waals surface area contributed by atoms with Crippen molar-refractivity contribution in [1.82, 2.24) is 19.6 Å². The Kier molecular flexibility index (Phi) is 8.79. The third-order valence-electron chi connectivity index (χ3n) is 5.65. The zero-order chi connectivity index (χ0) is 26.4. The van der Waals surface area contributed by atoms with Gasteiger partial charge in [-0.05, 0) is 39.0 Å². The molecular weight excluding hydrogens is 493 g/mol. The van der Waals surface area contributed by atoms with Crippen LogP contribution in [0.3, 0.4) is 0 Å². The average molecular weight is 528 g/mol. The summed E-state index contributed by atoms with van der Waals surface area (Å²) in [6, 6.07) is 16.4. The van der Waals surface area contributed by atoms with Gasteiger partial charge in [0, 0.05) is 25.1 Å². The number of nitrogens with one attached hydrogen (secondary N) is 1.